The fourth-order valence-corrected chi connectivity index (χ4v) is 14.9. The molecule has 1 saturated heterocycles. The van der Waals surface area contributed by atoms with Gasteiger partial charge in [0, 0.05) is 0 Å². The van der Waals surface area contributed by atoms with Gasteiger partial charge in [-0.3, -0.25) is 0 Å². The van der Waals surface area contributed by atoms with Gasteiger partial charge in [-0.1, -0.05) is 0 Å². The zero-order chi connectivity index (χ0) is 13.1. The Kier molecular flexibility index (Phi) is 6.24. The van der Waals surface area contributed by atoms with Crippen molar-refractivity contribution >= 4 is 36.9 Å². The van der Waals surface area contributed by atoms with Gasteiger partial charge < -0.3 is 0 Å². The maximum absolute atomic E-state index is 5.42. The first-order chi connectivity index (χ1) is 7.68. The molecule has 1 heterocycles. The van der Waals surface area contributed by atoms with Crippen LogP contribution in [0, 0.1) is 0 Å². The van der Waals surface area contributed by atoms with E-state index in [0.29, 0.717) is 0 Å². The van der Waals surface area contributed by atoms with Crippen LogP contribution in [-0.2, 0) is 4.74 Å². The van der Waals surface area contributed by atoms with Crippen molar-refractivity contribution < 1.29 is 4.74 Å². The second-order valence-corrected chi connectivity index (χ2v) is 35.0. The Hall–Kier alpha value is 1.16. The number of morpholine rings is 1. The van der Waals surface area contributed by atoms with E-state index < -0.39 is 24.2 Å². The Morgan fingerprint density at radius 2 is 1.82 bits per heavy atom. The van der Waals surface area contributed by atoms with Gasteiger partial charge in [-0.25, -0.2) is 0 Å². The van der Waals surface area contributed by atoms with Gasteiger partial charge in [-0.2, -0.15) is 0 Å². The van der Waals surface area contributed by atoms with E-state index in [1.165, 1.54) is 6.54 Å². The third-order valence-electron chi connectivity index (χ3n) is 2.87. The summed E-state index contributed by atoms with van der Waals surface area (Å²) in [5, 5.41) is 0. The van der Waals surface area contributed by atoms with Crippen LogP contribution in [0.2, 0.25) is 29.5 Å². The number of ether oxygens (including phenoxy) is 1. The third-order valence-corrected chi connectivity index (χ3v) is 13.5. The first-order valence-corrected chi connectivity index (χ1v) is 23.5. The molecular formula is C12H26BrNOSiSn. The summed E-state index contributed by atoms with van der Waals surface area (Å²) >= 11 is 1.93. The van der Waals surface area contributed by atoms with E-state index in [9.17, 15) is 0 Å². The second-order valence-electron chi connectivity index (χ2n) is 6.40. The van der Waals surface area contributed by atoms with Crippen LogP contribution in [-0.4, -0.2) is 62.0 Å². The summed E-state index contributed by atoms with van der Waals surface area (Å²) in [6, 6.07) is 0. The van der Waals surface area contributed by atoms with Crippen molar-refractivity contribution in [3.63, 3.8) is 0 Å². The van der Waals surface area contributed by atoms with Gasteiger partial charge in [0.15, 0.2) is 0 Å². The first-order valence-electron chi connectivity index (χ1n) is 6.40. The summed E-state index contributed by atoms with van der Waals surface area (Å²) in [6.07, 6.45) is 0. The molecule has 0 atom stereocenters. The first kappa shape index (κ1) is 16.2. The average molecular weight is 427 g/mol. The predicted molar refractivity (Wildman–Crippen MR) is 85.1 cm³/mol. The summed E-state index contributed by atoms with van der Waals surface area (Å²) in [5.74, 6) is 0. The molecule has 0 aliphatic carbocycles. The number of nitrogens with zero attached hydrogens (tertiary/aromatic N) is 1. The van der Waals surface area contributed by atoms with Crippen molar-refractivity contribution in [1.82, 2.24) is 4.90 Å². The van der Waals surface area contributed by atoms with Gasteiger partial charge in [0.25, 0.3) is 0 Å². The maximum atomic E-state index is 5.42. The van der Waals surface area contributed by atoms with Crippen LogP contribution in [0.4, 0.5) is 0 Å². The molecule has 0 aromatic carbocycles. The van der Waals surface area contributed by atoms with E-state index >= 15 is 0 Å². The molecule has 1 aliphatic rings. The van der Waals surface area contributed by atoms with Gasteiger partial charge in [-0.05, 0) is 0 Å². The molecule has 1 fully saturated rings. The van der Waals surface area contributed by atoms with Crippen molar-refractivity contribution in [3.8, 4) is 0 Å². The molecule has 100 valence electrons. The molecule has 1 aliphatic heterocycles. The molecule has 0 unspecified atom stereocenters. The molecule has 0 spiro atoms. The molecule has 5 heteroatoms. The number of hydrogen-bond acceptors (Lipinski definition) is 2. The molecule has 0 aromatic rings. The minimum atomic E-state index is -2.10. The van der Waals surface area contributed by atoms with Gasteiger partial charge in [0.1, 0.15) is 0 Å². The van der Waals surface area contributed by atoms with Crippen LogP contribution in [0.25, 0.3) is 0 Å². The van der Waals surface area contributed by atoms with E-state index in [4.69, 9.17) is 4.74 Å². The molecule has 0 bridgehead atoms. The topological polar surface area (TPSA) is 12.5 Å². The zero-order valence-corrected chi connectivity index (χ0v) is 17.3. The molecule has 0 radical (unpaired) electrons. The summed E-state index contributed by atoms with van der Waals surface area (Å²) in [7, 11) is -1.11. The number of hydrogen-bond donors (Lipinski definition) is 0. The molecule has 2 nitrogen and oxygen atoms in total. The fraction of sp³-hybridized carbons (Fsp3) is 0.833. The van der Waals surface area contributed by atoms with Crippen LogP contribution in [0.3, 0.4) is 0 Å². The van der Waals surface area contributed by atoms with Crippen molar-refractivity contribution in [2.24, 2.45) is 0 Å². The normalized spacial score (nSPS) is 20.7. The van der Waals surface area contributed by atoms with Gasteiger partial charge in [0.2, 0.25) is 0 Å². The van der Waals surface area contributed by atoms with E-state index in [2.05, 4.69) is 52.8 Å². The van der Waals surface area contributed by atoms with E-state index in [1.54, 1.807) is 3.59 Å². The Morgan fingerprint density at radius 1 is 1.29 bits per heavy atom. The molecule has 17 heavy (non-hydrogen) atoms. The van der Waals surface area contributed by atoms with Crippen molar-refractivity contribution in [1.29, 1.82) is 0 Å². The quantitative estimate of drug-likeness (QED) is 0.640. The standard InChI is InChI=1S/C10H20NOSi.2CH3.BrH.Sn/c1-13(2,3)10-4-5-11-6-8-12-9-7-11;;;;/h10H,5-9H2,1-3H3;2*1H3;1H;/q;;;;+1/p-1. The summed E-state index contributed by atoms with van der Waals surface area (Å²) in [6.45, 7) is 12.4. The van der Waals surface area contributed by atoms with E-state index in [1.807, 2.05) is 0 Å². The van der Waals surface area contributed by atoms with Crippen LogP contribution in [0.15, 0.2) is 9.29 Å². The van der Waals surface area contributed by atoms with Gasteiger partial charge >= 0.3 is 118 Å². The Balaban J connectivity index is 2.74. The van der Waals surface area contributed by atoms with Crippen molar-refractivity contribution in [3.05, 3.63) is 9.29 Å². The SMILES string of the molecule is C[Si](C)(C)/C=[C](/CN1CCOCC1)[Sn]([CH3])([CH3])[Br]. The summed E-state index contributed by atoms with van der Waals surface area (Å²) in [5.41, 5.74) is 2.63. The van der Waals surface area contributed by atoms with Crippen LogP contribution < -0.4 is 0 Å². The Morgan fingerprint density at radius 3 is 2.24 bits per heavy atom. The number of rotatable bonds is 4. The van der Waals surface area contributed by atoms with Crippen molar-refractivity contribution in [2.75, 3.05) is 32.8 Å². The zero-order valence-electron chi connectivity index (χ0n) is 11.8. The Labute approximate surface area is 117 Å². The van der Waals surface area contributed by atoms with E-state index in [0.717, 1.165) is 26.3 Å². The predicted octanol–water partition coefficient (Wildman–Crippen LogP) is 3.26. The van der Waals surface area contributed by atoms with Gasteiger partial charge in [0.05, 0.1) is 0 Å². The molecule has 0 amide bonds. The Bertz CT molecular complexity index is 277. The second kappa shape index (κ2) is 6.55. The summed E-state index contributed by atoms with van der Waals surface area (Å²) in [4.78, 5) is 7.47. The van der Waals surface area contributed by atoms with Crippen LogP contribution >= 0.6 is 12.7 Å². The van der Waals surface area contributed by atoms with Crippen LogP contribution in [0.1, 0.15) is 0 Å². The average Bonchev–Trinajstić information content (AvgIpc) is 2.15. The molecule has 1 rings (SSSR count). The van der Waals surface area contributed by atoms with Crippen LogP contribution in [0.5, 0.6) is 0 Å². The molecular weight excluding hydrogens is 401 g/mol. The molecule has 0 aromatic heterocycles. The fourth-order valence-electron chi connectivity index (χ4n) is 1.93. The summed E-state index contributed by atoms with van der Waals surface area (Å²) < 4.78 is 7.16. The number of halogens is 1. The van der Waals surface area contributed by atoms with E-state index in [-0.39, 0.29) is 0 Å². The minimum absolute atomic E-state index is 0.901. The molecule has 0 saturated carbocycles. The third kappa shape index (κ3) is 6.75. The van der Waals surface area contributed by atoms with Gasteiger partial charge in [-0.15, -0.1) is 0 Å². The molecule has 0 N–H and O–H groups in total. The monoisotopic (exact) mass is 427 g/mol. The van der Waals surface area contributed by atoms with Crippen molar-refractivity contribution in [2.45, 2.75) is 29.5 Å².